The molecule has 0 bridgehead atoms. The lowest BCUT2D eigenvalue weighted by atomic mass is 10.2. The van der Waals surface area contributed by atoms with E-state index in [0.717, 1.165) is 18.6 Å². The lowest BCUT2D eigenvalue weighted by molar-refractivity contribution is -0.137. The molecule has 2 aromatic carbocycles. The molecule has 166 valence electrons. The molecule has 0 unspecified atom stereocenters. The minimum Gasteiger partial charge on any atom is -0.484 e. The number of benzene rings is 2. The largest absolute Gasteiger partial charge is 0.484 e. The number of anilines is 1. The maximum Gasteiger partial charge on any atom is 0.416 e. The first kappa shape index (κ1) is 23.7. The number of hydrogen-bond acceptors (Lipinski definition) is 5. The second-order valence-electron chi connectivity index (χ2n) is 6.37. The average molecular weight is 438 g/mol. The van der Waals surface area contributed by atoms with Gasteiger partial charge in [-0.15, -0.1) is 0 Å². The van der Waals surface area contributed by atoms with Crippen molar-refractivity contribution in [2.75, 3.05) is 25.1 Å². The third-order valence-corrected chi connectivity index (χ3v) is 3.84. The van der Waals surface area contributed by atoms with E-state index in [1.54, 1.807) is 0 Å². The highest BCUT2D eigenvalue weighted by Gasteiger charge is 2.30. The zero-order valence-corrected chi connectivity index (χ0v) is 16.6. The topological polar surface area (TPSA) is 93.7 Å². The van der Waals surface area contributed by atoms with Gasteiger partial charge in [-0.2, -0.15) is 13.2 Å². The maximum absolute atomic E-state index is 12.7. The molecule has 0 fully saturated rings. The van der Waals surface area contributed by atoms with Gasteiger partial charge in [-0.1, -0.05) is 13.0 Å². The van der Waals surface area contributed by atoms with Crippen LogP contribution in [0, 0.1) is 0 Å². The molecule has 2 aromatic rings. The molecule has 0 saturated carbocycles. The van der Waals surface area contributed by atoms with Crippen LogP contribution >= 0.6 is 0 Å². The molecule has 2 amide bonds. The van der Waals surface area contributed by atoms with Gasteiger partial charge < -0.3 is 20.1 Å². The number of ether oxygens (including phenoxy) is 2. The monoisotopic (exact) mass is 438 g/mol. The van der Waals surface area contributed by atoms with Crippen LogP contribution in [0.4, 0.5) is 18.9 Å². The molecule has 0 aliphatic heterocycles. The molecule has 31 heavy (non-hydrogen) atoms. The van der Waals surface area contributed by atoms with Crippen LogP contribution in [-0.2, 0) is 20.5 Å². The predicted octanol–water partition coefficient (Wildman–Crippen LogP) is 3.41. The Morgan fingerprint density at radius 3 is 2.32 bits per heavy atom. The van der Waals surface area contributed by atoms with Gasteiger partial charge in [0.25, 0.3) is 11.8 Å². The molecule has 2 N–H and O–H groups in total. The Labute approximate surface area is 176 Å². The fourth-order valence-electron chi connectivity index (χ4n) is 2.34. The summed E-state index contributed by atoms with van der Waals surface area (Å²) < 4.78 is 48.3. The van der Waals surface area contributed by atoms with Crippen LogP contribution in [0.2, 0.25) is 0 Å². The predicted molar refractivity (Wildman–Crippen MR) is 106 cm³/mol. The Morgan fingerprint density at radius 2 is 1.68 bits per heavy atom. The summed E-state index contributed by atoms with van der Waals surface area (Å²) in [6, 6.07) is 9.87. The zero-order chi connectivity index (χ0) is 22.9. The van der Waals surface area contributed by atoms with Gasteiger partial charge in [-0.05, 0) is 48.9 Å². The summed E-state index contributed by atoms with van der Waals surface area (Å²) >= 11 is 0. The van der Waals surface area contributed by atoms with Crippen molar-refractivity contribution in [3.05, 3.63) is 59.7 Å². The SMILES string of the molecule is CCCNC(=O)COC(=O)c1ccc(OCC(=O)Nc2cccc(C(F)(F)F)c2)cc1. The minimum absolute atomic E-state index is 0.00973. The summed E-state index contributed by atoms with van der Waals surface area (Å²) in [6.07, 6.45) is -3.75. The fourth-order valence-corrected chi connectivity index (χ4v) is 2.34. The van der Waals surface area contributed by atoms with Crippen molar-refractivity contribution >= 4 is 23.5 Å². The Bertz CT molecular complexity index is 914. The average Bonchev–Trinajstić information content (AvgIpc) is 2.74. The summed E-state index contributed by atoms with van der Waals surface area (Å²) in [5.74, 6) is -1.49. The third kappa shape index (κ3) is 8.00. The van der Waals surface area contributed by atoms with Crippen LogP contribution in [0.25, 0.3) is 0 Å². The van der Waals surface area contributed by atoms with Crippen LogP contribution in [0.3, 0.4) is 0 Å². The van der Waals surface area contributed by atoms with Gasteiger partial charge >= 0.3 is 12.1 Å². The molecule has 0 atom stereocenters. The smallest absolute Gasteiger partial charge is 0.416 e. The number of nitrogens with one attached hydrogen (secondary N) is 2. The standard InChI is InChI=1S/C21H21F3N2O5/c1-2-10-25-18(27)12-31-20(29)14-6-8-17(9-7-14)30-13-19(28)26-16-5-3-4-15(11-16)21(22,23)24/h3-9,11H,2,10,12-13H2,1H3,(H,25,27)(H,26,28). The first-order valence-electron chi connectivity index (χ1n) is 9.33. The molecule has 7 nitrogen and oxygen atoms in total. The summed E-state index contributed by atoms with van der Waals surface area (Å²) in [7, 11) is 0. The Morgan fingerprint density at radius 1 is 0.968 bits per heavy atom. The van der Waals surface area contributed by atoms with Crippen LogP contribution in [-0.4, -0.2) is 37.5 Å². The van der Waals surface area contributed by atoms with E-state index >= 15 is 0 Å². The molecule has 0 heterocycles. The second-order valence-corrected chi connectivity index (χ2v) is 6.37. The normalized spacial score (nSPS) is 10.8. The van der Waals surface area contributed by atoms with Gasteiger partial charge in [0.05, 0.1) is 11.1 Å². The molecule has 0 aliphatic rings. The van der Waals surface area contributed by atoms with E-state index in [1.807, 2.05) is 6.92 Å². The van der Waals surface area contributed by atoms with E-state index < -0.39 is 42.7 Å². The third-order valence-electron chi connectivity index (χ3n) is 3.84. The molecule has 0 aliphatic carbocycles. The van der Waals surface area contributed by atoms with Crippen LogP contribution in [0.1, 0.15) is 29.3 Å². The maximum atomic E-state index is 12.7. The number of hydrogen-bond donors (Lipinski definition) is 2. The highest BCUT2D eigenvalue weighted by molar-refractivity contribution is 5.92. The van der Waals surface area contributed by atoms with Gasteiger partial charge in [-0.25, -0.2) is 4.79 Å². The van der Waals surface area contributed by atoms with Gasteiger partial charge in [0.2, 0.25) is 0 Å². The summed E-state index contributed by atoms with van der Waals surface area (Å²) in [5.41, 5.74) is -0.704. The lowest BCUT2D eigenvalue weighted by Crippen LogP contribution is -2.29. The van der Waals surface area contributed by atoms with Crippen molar-refractivity contribution in [2.45, 2.75) is 19.5 Å². The number of carbonyl (C=O) groups excluding carboxylic acids is 3. The number of amides is 2. The van der Waals surface area contributed by atoms with Crippen molar-refractivity contribution in [3.63, 3.8) is 0 Å². The van der Waals surface area contributed by atoms with Crippen LogP contribution < -0.4 is 15.4 Å². The van der Waals surface area contributed by atoms with Gasteiger partial charge in [0.1, 0.15) is 5.75 Å². The van der Waals surface area contributed by atoms with Crippen LogP contribution in [0.5, 0.6) is 5.75 Å². The van der Waals surface area contributed by atoms with E-state index in [4.69, 9.17) is 9.47 Å². The quantitative estimate of drug-likeness (QED) is 0.586. The van der Waals surface area contributed by atoms with E-state index in [2.05, 4.69) is 10.6 Å². The highest BCUT2D eigenvalue weighted by atomic mass is 19.4. The Kier molecular flexibility index (Phi) is 8.42. The van der Waals surface area contributed by atoms with Crippen molar-refractivity contribution in [1.82, 2.24) is 5.32 Å². The van der Waals surface area contributed by atoms with Crippen molar-refractivity contribution in [2.24, 2.45) is 0 Å². The molecule has 2 rings (SSSR count). The van der Waals surface area contributed by atoms with Gasteiger partial charge in [-0.3, -0.25) is 9.59 Å². The van der Waals surface area contributed by atoms with E-state index in [1.165, 1.54) is 36.4 Å². The zero-order valence-electron chi connectivity index (χ0n) is 16.6. The molecule has 0 radical (unpaired) electrons. The molecule has 0 saturated heterocycles. The molecule has 0 spiro atoms. The first-order chi connectivity index (χ1) is 14.7. The van der Waals surface area contributed by atoms with E-state index in [9.17, 15) is 27.6 Å². The Hall–Kier alpha value is -3.56. The fraction of sp³-hybridized carbons (Fsp3) is 0.286. The number of rotatable bonds is 9. The van der Waals surface area contributed by atoms with Gasteiger partial charge in [0.15, 0.2) is 13.2 Å². The number of halogens is 3. The number of esters is 1. The van der Waals surface area contributed by atoms with Crippen LogP contribution in [0.15, 0.2) is 48.5 Å². The summed E-state index contributed by atoms with van der Waals surface area (Å²) in [5, 5.41) is 4.89. The van der Waals surface area contributed by atoms with E-state index in [-0.39, 0.29) is 17.0 Å². The molecular formula is C21H21F3N2O5. The number of alkyl halides is 3. The van der Waals surface area contributed by atoms with E-state index in [0.29, 0.717) is 6.54 Å². The van der Waals surface area contributed by atoms with Crippen molar-refractivity contribution < 1.29 is 37.0 Å². The molecule has 0 aromatic heterocycles. The summed E-state index contributed by atoms with van der Waals surface area (Å²) in [4.78, 5) is 35.3. The Balaban J connectivity index is 1.82. The first-order valence-corrected chi connectivity index (χ1v) is 9.33. The molecule has 10 heteroatoms. The minimum atomic E-state index is -4.51. The van der Waals surface area contributed by atoms with Crippen molar-refractivity contribution in [3.8, 4) is 5.75 Å². The number of carbonyl (C=O) groups is 3. The summed E-state index contributed by atoms with van der Waals surface area (Å²) in [6.45, 7) is 1.54. The lowest BCUT2D eigenvalue weighted by Gasteiger charge is -2.11. The van der Waals surface area contributed by atoms with Gasteiger partial charge in [0, 0.05) is 12.2 Å². The molecular weight excluding hydrogens is 417 g/mol. The highest BCUT2D eigenvalue weighted by Crippen LogP contribution is 2.30. The second kappa shape index (κ2) is 11.0. The van der Waals surface area contributed by atoms with Crippen molar-refractivity contribution in [1.29, 1.82) is 0 Å².